The predicted molar refractivity (Wildman–Crippen MR) is 73.7 cm³/mol. The van der Waals surface area contributed by atoms with E-state index in [1.807, 2.05) is 0 Å². The van der Waals surface area contributed by atoms with Gasteiger partial charge in [-0.15, -0.1) is 0 Å². The molecule has 5 nitrogen and oxygen atoms in total. The summed E-state index contributed by atoms with van der Waals surface area (Å²) in [7, 11) is 1.68. The van der Waals surface area contributed by atoms with Crippen molar-refractivity contribution >= 4 is 11.9 Å². The van der Waals surface area contributed by atoms with E-state index in [0.717, 1.165) is 38.9 Å². The zero-order chi connectivity index (χ0) is 14.3. The Labute approximate surface area is 115 Å². The molecule has 5 heteroatoms. The van der Waals surface area contributed by atoms with E-state index in [0.29, 0.717) is 6.61 Å². The van der Waals surface area contributed by atoms with Gasteiger partial charge in [0.2, 0.25) is 5.91 Å². The summed E-state index contributed by atoms with van der Waals surface area (Å²) in [6, 6.07) is 0. The van der Waals surface area contributed by atoms with Gasteiger partial charge in [-0.1, -0.05) is 6.92 Å². The van der Waals surface area contributed by atoms with Crippen molar-refractivity contribution in [2.75, 3.05) is 39.8 Å². The van der Waals surface area contributed by atoms with Gasteiger partial charge in [0.25, 0.3) is 0 Å². The van der Waals surface area contributed by atoms with E-state index < -0.39 is 0 Å². The fraction of sp³-hybridized carbons (Fsp3) is 0.857. The number of ether oxygens (including phenoxy) is 1. The molecule has 110 valence electrons. The fourth-order valence-electron chi connectivity index (χ4n) is 2.57. The molecule has 1 saturated heterocycles. The molecule has 0 N–H and O–H groups in total. The summed E-state index contributed by atoms with van der Waals surface area (Å²) in [6.45, 7) is 7.28. The maximum Gasteiger partial charge on any atom is 0.325 e. The van der Waals surface area contributed by atoms with Gasteiger partial charge in [0.1, 0.15) is 6.54 Å². The third-order valence-corrected chi connectivity index (χ3v) is 3.44. The molecule has 1 atom stereocenters. The summed E-state index contributed by atoms with van der Waals surface area (Å²) in [5.74, 6) is -0.242. The average molecular weight is 270 g/mol. The lowest BCUT2D eigenvalue weighted by atomic mass is 9.96. The van der Waals surface area contributed by atoms with Gasteiger partial charge < -0.3 is 14.5 Å². The summed E-state index contributed by atoms with van der Waals surface area (Å²) in [5.41, 5.74) is 0. The van der Waals surface area contributed by atoms with Crippen LogP contribution >= 0.6 is 0 Å². The summed E-state index contributed by atoms with van der Waals surface area (Å²) >= 11 is 0. The summed E-state index contributed by atoms with van der Waals surface area (Å²) in [6.07, 6.45) is 3.09. The minimum atomic E-state index is -0.334. The molecule has 1 unspecified atom stereocenters. The number of rotatable bonds is 6. The van der Waals surface area contributed by atoms with Crippen molar-refractivity contribution in [2.24, 2.45) is 5.92 Å². The van der Waals surface area contributed by atoms with Crippen LogP contribution in [0.2, 0.25) is 0 Å². The van der Waals surface area contributed by atoms with Crippen LogP contribution in [0.15, 0.2) is 0 Å². The second-order valence-electron chi connectivity index (χ2n) is 5.14. The maximum absolute atomic E-state index is 12.3. The molecule has 1 aliphatic heterocycles. The number of piperidine rings is 1. The minimum absolute atomic E-state index is 0.0275. The van der Waals surface area contributed by atoms with Crippen LogP contribution in [-0.4, -0.2) is 61.5 Å². The van der Waals surface area contributed by atoms with Crippen LogP contribution < -0.4 is 0 Å². The number of hydrogen-bond acceptors (Lipinski definition) is 4. The number of carbonyl (C=O) groups is 2. The molecule has 1 aliphatic rings. The molecule has 0 aromatic carbocycles. The second kappa shape index (κ2) is 8.15. The Hall–Kier alpha value is -1.10. The van der Waals surface area contributed by atoms with Crippen LogP contribution in [0.4, 0.5) is 0 Å². The standard InChI is InChI=1S/C14H26N2O3/c1-4-8-16-9-6-7-12(10-16)14(18)15(3)11-13(17)19-5-2/h12H,4-11H2,1-3H3. The number of carbonyl (C=O) groups excluding carboxylic acids is 2. The van der Waals surface area contributed by atoms with Crippen molar-refractivity contribution in [3.8, 4) is 0 Å². The highest BCUT2D eigenvalue weighted by molar-refractivity contribution is 5.83. The largest absolute Gasteiger partial charge is 0.465 e. The van der Waals surface area contributed by atoms with Crippen LogP contribution in [0.1, 0.15) is 33.1 Å². The number of likely N-dealkylation sites (N-methyl/N-ethyl adjacent to an activating group) is 1. The predicted octanol–water partition coefficient (Wildman–Crippen LogP) is 1.13. The summed E-state index contributed by atoms with van der Waals surface area (Å²) in [5, 5.41) is 0. The molecule has 0 radical (unpaired) electrons. The molecular weight excluding hydrogens is 244 g/mol. The van der Waals surface area contributed by atoms with Gasteiger partial charge in [-0.3, -0.25) is 9.59 Å². The molecular formula is C14H26N2O3. The Balaban J connectivity index is 2.44. The molecule has 19 heavy (non-hydrogen) atoms. The SMILES string of the molecule is CCCN1CCCC(C(=O)N(C)CC(=O)OCC)C1. The van der Waals surface area contributed by atoms with Crippen LogP contribution in [0.25, 0.3) is 0 Å². The van der Waals surface area contributed by atoms with Gasteiger partial charge in [0.15, 0.2) is 0 Å². The van der Waals surface area contributed by atoms with Crippen molar-refractivity contribution in [1.29, 1.82) is 0 Å². The number of likely N-dealkylation sites (tertiary alicyclic amines) is 1. The van der Waals surface area contributed by atoms with E-state index in [1.54, 1.807) is 14.0 Å². The van der Waals surface area contributed by atoms with E-state index in [2.05, 4.69) is 11.8 Å². The molecule has 0 aliphatic carbocycles. The summed E-state index contributed by atoms with van der Waals surface area (Å²) in [4.78, 5) is 27.5. The Morgan fingerprint density at radius 3 is 2.74 bits per heavy atom. The third kappa shape index (κ3) is 5.19. The first kappa shape index (κ1) is 16.0. The highest BCUT2D eigenvalue weighted by Gasteiger charge is 2.28. The number of nitrogens with zero attached hydrogens (tertiary/aromatic N) is 2. The normalized spacial score (nSPS) is 20.1. The number of hydrogen-bond donors (Lipinski definition) is 0. The van der Waals surface area contributed by atoms with E-state index in [9.17, 15) is 9.59 Å². The Kier molecular flexibility index (Phi) is 6.84. The molecule has 0 spiro atoms. The van der Waals surface area contributed by atoms with Gasteiger partial charge in [0.05, 0.1) is 12.5 Å². The Bertz CT molecular complexity index is 305. The smallest absolute Gasteiger partial charge is 0.325 e. The topological polar surface area (TPSA) is 49.9 Å². The maximum atomic E-state index is 12.3. The first-order valence-electron chi connectivity index (χ1n) is 7.21. The monoisotopic (exact) mass is 270 g/mol. The first-order chi connectivity index (χ1) is 9.08. The highest BCUT2D eigenvalue weighted by Crippen LogP contribution is 2.18. The van der Waals surface area contributed by atoms with Crippen molar-refractivity contribution in [3.05, 3.63) is 0 Å². The van der Waals surface area contributed by atoms with Crippen molar-refractivity contribution in [1.82, 2.24) is 9.80 Å². The van der Waals surface area contributed by atoms with Crippen molar-refractivity contribution < 1.29 is 14.3 Å². The Morgan fingerprint density at radius 1 is 1.37 bits per heavy atom. The van der Waals surface area contributed by atoms with Gasteiger partial charge in [-0.2, -0.15) is 0 Å². The van der Waals surface area contributed by atoms with E-state index in [4.69, 9.17) is 4.74 Å². The van der Waals surface area contributed by atoms with Crippen LogP contribution in [0.3, 0.4) is 0 Å². The lowest BCUT2D eigenvalue weighted by Crippen LogP contribution is -2.45. The molecule has 1 rings (SSSR count). The highest BCUT2D eigenvalue weighted by atomic mass is 16.5. The van der Waals surface area contributed by atoms with E-state index in [-0.39, 0.29) is 24.3 Å². The summed E-state index contributed by atoms with van der Waals surface area (Å²) < 4.78 is 4.87. The van der Waals surface area contributed by atoms with Crippen LogP contribution in [0, 0.1) is 5.92 Å². The molecule has 0 aromatic rings. The van der Waals surface area contributed by atoms with Gasteiger partial charge in [-0.05, 0) is 39.3 Å². The zero-order valence-electron chi connectivity index (χ0n) is 12.4. The lowest BCUT2D eigenvalue weighted by Gasteiger charge is -2.33. The van der Waals surface area contributed by atoms with Crippen molar-refractivity contribution in [3.63, 3.8) is 0 Å². The fourth-order valence-corrected chi connectivity index (χ4v) is 2.57. The third-order valence-electron chi connectivity index (χ3n) is 3.44. The molecule has 0 aromatic heterocycles. The van der Waals surface area contributed by atoms with Crippen molar-refractivity contribution in [2.45, 2.75) is 33.1 Å². The lowest BCUT2D eigenvalue weighted by molar-refractivity contribution is -0.149. The molecule has 1 heterocycles. The Morgan fingerprint density at radius 2 is 2.11 bits per heavy atom. The first-order valence-corrected chi connectivity index (χ1v) is 7.21. The minimum Gasteiger partial charge on any atom is -0.465 e. The zero-order valence-corrected chi connectivity index (χ0v) is 12.4. The van der Waals surface area contributed by atoms with E-state index in [1.165, 1.54) is 4.90 Å². The number of amides is 1. The van der Waals surface area contributed by atoms with Gasteiger partial charge in [0, 0.05) is 13.6 Å². The van der Waals surface area contributed by atoms with Gasteiger partial charge >= 0.3 is 5.97 Å². The van der Waals surface area contributed by atoms with Gasteiger partial charge in [-0.25, -0.2) is 0 Å². The quantitative estimate of drug-likeness (QED) is 0.679. The molecule has 0 saturated carbocycles. The molecule has 1 amide bonds. The van der Waals surface area contributed by atoms with E-state index >= 15 is 0 Å². The molecule has 1 fully saturated rings. The second-order valence-corrected chi connectivity index (χ2v) is 5.14. The average Bonchev–Trinajstić information content (AvgIpc) is 2.38. The molecule has 0 bridgehead atoms. The van der Waals surface area contributed by atoms with Crippen LogP contribution in [-0.2, 0) is 14.3 Å². The van der Waals surface area contributed by atoms with Crippen LogP contribution in [0.5, 0.6) is 0 Å². The number of esters is 1.